The van der Waals surface area contributed by atoms with Gasteiger partial charge in [0.25, 0.3) is 0 Å². The van der Waals surface area contributed by atoms with Crippen molar-refractivity contribution in [1.82, 2.24) is 14.9 Å². The SMILES string of the molecule is CCN1CCN(c2cc(-c3ccccc3-c3ccc(OC)c(Cl)c3)nc(N)n2)CC1. The first-order chi connectivity index (χ1) is 14.6. The van der Waals surface area contributed by atoms with Crippen LogP contribution < -0.4 is 15.4 Å². The highest BCUT2D eigenvalue weighted by molar-refractivity contribution is 6.32. The summed E-state index contributed by atoms with van der Waals surface area (Å²) in [6.07, 6.45) is 0. The maximum absolute atomic E-state index is 6.37. The molecule has 1 aliphatic heterocycles. The largest absolute Gasteiger partial charge is 0.495 e. The van der Waals surface area contributed by atoms with E-state index in [0.717, 1.165) is 60.9 Å². The molecule has 0 aliphatic carbocycles. The number of piperazine rings is 1. The van der Waals surface area contributed by atoms with E-state index in [-0.39, 0.29) is 5.95 Å². The molecule has 1 saturated heterocycles. The lowest BCUT2D eigenvalue weighted by atomic mass is 9.97. The van der Waals surface area contributed by atoms with Crippen molar-refractivity contribution in [2.75, 3.05) is 50.5 Å². The summed E-state index contributed by atoms with van der Waals surface area (Å²) in [6.45, 7) is 7.17. The quantitative estimate of drug-likeness (QED) is 0.663. The molecule has 0 radical (unpaired) electrons. The van der Waals surface area contributed by atoms with Crippen LogP contribution in [0.1, 0.15) is 6.92 Å². The second-order valence-electron chi connectivity index (χ2n) is 7.29. The molecule has 4 rings (SSSR count). The monoisotopic (exact) mass is 423 g/mol. The minimum atomic E-state index is 0.281. The number of likely N-dealkylation sites (N-methyl/N-ethyl adjacent to an activating group) is 1. The molecule has 30 heavy (non-hydrogen) atoms. The average Bonchev–Trinajstić information content (AvgIpc) is 2.78. The molecule has 0 bridgehead atoms. The lowest BCUT2D eigenvalue weighted by Crippen LogP contribution is -2.46. The van der Waals surface area contributed by atoms with Crippen LogP contribution in [-0.4, -0.2) is 54.7 Å². The van der Waals surface area contributed by atoms with Crippen LogP contribution in [0.15, 0.2) is 48.5 Å². The van der Waals surface area contributed by atoms with Crippen molar-refractivity contribution in [2.24, 2.45) is 0 Å². The molecule has 2 heterocycles. The fourth-order valence-electron chi connectivity index (χ4n) is 3.84. The molecular formula is C23H26ClN5O. The Morgan fingerprint density at radius 2 is 1.73 bits per heavy atom. The number of nitrogens with two attached hydrogens (primary N) is 1. The molecule has 6 nitrogen and oxygen atoms in total. The zero-order chi connectivity index (χ0) is 21.1. The lowest BCUT2D eigenvalue weighted by Gasteiger charge is -2.34. The molecule has 0 amide bonds. The van der Waals surface area contributed by atoms with Gasteiger partial charge in [0.15, 0.2) is 0 Å². The summed E-state index contributed by atoms with van der Waals surface area (Å²) >= 11 is 6.37. The van der Waals surface area contributed by atoms with E-state index in [1.165, 1.54) is 0 Å². The Balaban J connectivity index is 1.72. The zero-order valence-electron chi connectivity index (χ0n) is 17.3. The normalized spacial score (nSPS) is 14.7. The summed E-state index contributed by atoms with van der Waals surface area (Å²) in [7, 11) is 1.61. The number of nitrogens with zero attached hydrogens (tertiary/aromatic N) is 4. The number of rotatable bonds is 5. The number of anilines is 2. The molecule has 7 heteroatoms. The molecule has 1 aromatic heterocycles. The first-order valence-corrected chi connectivity index (χ1v) is 10.5. The fraction of sp³-hybridized carbons (Fsp3) is 0.304. The molecule has 1 aliphatic rings. The maximum atomic E-state index is 6.37. The van der Waals surface area contributed by atoms with Crippen LogP contribution in [0.3, 0.4) is 0 Å². The van der Waals surface area contributed by atoms with E-state index in [0.29, 0.717) is 10.8 Å². The highest BCUT2D eigenvalue weighted by Gasteiger charge is 2.19. The van der Waals surface area contributed by atoms with Gasteiger partial charge in [-0.15, -0.1) is 0 Å². The van der Waals surface area contributed by atoms with Crippen LogP contribution in [0.2, 0.25) is 5.02 Å². The molecule has 0 unspecified atom stereocenters. The predicted octanol–water partition coefficient (Wildman–Crippen LogP) is 4.20. The number of benzene rings is 2. The highest BCUT2D eigenvalue weighted by atomic mass is 35.5. The summed E-state index contributed by atoms with van der Waals surface area (Å²) in [5.41, 5.74) is 9.92. The number of ether oxygens (including phenoxy) is 1. The van der Waals surface area contributed by atoms with Crippen molar-refractivity contribution >= 4 is 23.4 Å². The summed E-state index contributed by atoms with van der Waals surface area (Å²) in [6, 6.07) is 15.9. The second kappa shape index (κ2) is 8.90. The van der Waals surface area contributed by atoms with Crippen molar-refractivity contribution in [3.63, 3.8) is 0 Å². The van der Waals surface area contributed by atoms with Gasteiger partial charge in [0.1, 0.15) is 11.6 Å². The van der Waals surface area contributed by atoms with E-state index >= 15 is 0 Å². The van der Waals surface area contributed by atoms with Gasteiger partial charge in [0.2, 0.25) is 5.95 Å². The number of halogens is 1. The summed E-state index contributed by atoms with van der Waals surface area (Å²) in [4.78, 5) is 13.8. The number of methoxy groups -OCH3 is 1. The third-order valence-corrected chi connectivity index (χ3v) is 5.83. The Morgan fingerprint density at radius 1 is 1.00 bits per heavy atom. The van der Waals surface area contributed by atoms with Gasteiger partial charge in [-0.2, -0.15) is 4.98 Å². The van der Waals surface area contributed by atoms with Gasteiger partial charge < -0.3 is 20.3 Å². The Labute approximate surface area is 182 Å². The fourth-order valence-corrected chi connectivity index (χ4v) is 4.10. The standard InChI is InChI=1S/C23H26ClN5O/c1-3-28-10-12-29(13-11-28)22-15-20(26-23(25)27-22)18-7-5-4-6-17(18)16-8-9-21(30-2)19(24)14-16/h4-9,14-15H,3,10-13H2,1-2H3,(H2,25,26,27). The van der Waals surface area contributed by atoms with E-state index in [2.05, 4.69) is 32.8 Å². The van der Waals surface area contributed by atoms with Crippen LogP contribution in [0.4, 0.5) is 11.8 Å². The van der Waals surface area contributed by atoms with Gasteiger partial charge >= 0.3 is 0 Å². The molecule has 0 spiro atoms. The second-order valence-corrected chi connectivity index (χ2v) is 7.69. The van der Waals surface area contributed by atoms with Gasteiger partial charge in [-0.3, -0.25) is 0 Å². The van der Waals surface area contributed by atoms with Gasteiger partial charge in [0.05, 0.1) is 17.8 Å². The van der Waals surface area contributed by atoms with Crippen molar-refractivity contribution in [3.8, 4) is 28.1 Å². The van der Waals surface area contributed by atoms with Crippen molar-refractivity contribution in [3.05, 3.63) is 53.6 Å². The molecule has 2 aromatic carbocycles. The molecule has 0 saturated carbocycles. The van der Waals surface area contributed by atoms with Gasteiger partial charge in [-0.05, 0) is 29.8 Å². The number of nitrogen functional groups attached to an aromatic ring is 1. The molecule has 156 valence electrons. The van der Waals surface area contributed by atoms with E-state index < -0.39 is 0 Å². The third-order valence-electron chi connectivity index (χ3n) is 5.54. The Morgan fingerprint density at radius 3 is 2.40 bits per heavy atom. The van der Waals surface area contributed by atoms with E-state index in [9.17, 15) is 0 Å². The predicted molar refractivity (Wildman–Crippen MR) is 123 cm³/mol. The number of hydrogen-bond donors (Lipinski definition) is 1. The third kappa shape index (κ3) is 4.20. The average molecular weight is 424 g/mol. The maximum Gasteiger partial charge on any atom is 0.222 e. The highest BCUT2D eigenvalue weighted by Crippen LogP contribution is 2.36. The van der Waals surface area contributed by atoms with Crippen molar-refractivity contribution in [2.45, 2.75) is 6.92 Å². The zero-order valence-corrected chi connectivity index (χ0v) is 18.1. The number of aromatic nitrogens is 2. The summed E-state index contributed by atoms with van der Waals surface area (Å²) in [5, 5.41) is 0.571. The first kappa shape index (κ1) is 20.4. The van der Waals surface area contributed by atoms with Crippen LogP contribution in [0, 0.1) is 0 Å². The molecule has 0 atom stereocenters. The van der Waals surface area contributed by atoms with E-state index in [4.69, 9.17) is 22.1 Å². The van der Waals surface area contributed by atoms with Gasteiger partial charge in [-0.25, -0.2) is 4.98 Å². The number of hydrogen-bond acceptors (Lipinski definition) is 6. The van der Waals surface area contributed by atoms with Crippen molar-refractivity contribution < 1.29 is 4.74 Å². The van der Waals surface area contributed by atoms with Crippen LogP contribution >= 0.6 is 11.6 Å². The molecule has 3 aromatic rings. The Kier molecular flexibility index (Phi) is 6.06. The van der Waals surface area contributed by atoms with Crippen LogP contribution in [-0.2, 0) is 0 Å². The minimum Gasteiger partial charge on any atom is -0.495 e. The van der Waals surface area contributed by atoms with E-state index in [1.807, 2.05) is 42.5 Å². The van der Waals surface area contributed by atoms with Gasteiger partial charge in [-0.1, -0.05) is 48.9 Å². The Hall–Kier alpha value is -2.83. The molecule has 1 fully saturated rings. The molecule has 2 N–H and O–H groups in total. The topological polar surface area (TPSA) is 67.5 Å². The van der Waals surface area contributed by atoms with Crippen molar-refractivity contribution in [1.29, 1.82) is 0 Å². The van der Waals surface area contributed by atoms with Crippen LogP contribution in [0.25, 0.3) is 22.4 Å². The summed E-state index contributed by atoms with van der Waals surface area (Å²) < 4.78 is 5.29. The lowest BCUT2D eigenvalue weighted by molar-refractivity contribution is 0.270. The molecular weight excluding hydrogens is 398 g/mol. The van der Waals surface area contributed by atoms with E-state index in [1.54, 1.807) is 7.11 Å². The summed E-state index contributed by atoms with van der Waals surface area (Å²) in [5.74, 6) is 1.80. The minimum absolute atomic E-state index is 0.281. The smallest absolute Gasteiger partial charge is 0.222 e. The van der Waals surface area contributed by atoms with Crippen LogP contribution in [0.5, 0.6) is 5.75 Å². The first-order valence-electron chi connectivity index (χ1n) is 10.1. The Bertz CT molecular complexity index is 1030. The van der Waals surface area contributed by atoms with Gasteiger partial charge in [0, 0.05) is 37.8 Å².